The Bertz CT molecular complexity index is 892. The molecule has 0 saturated heterocycles. The van der Waals surface area contributed by atoms with Crippen molar-refractivity contribution in [3.8, 4) is 11.3 Å². The van der Waals surface area contributed by atoms with E-state index in [1.807, 2.05) is 68.9 Å². The van der Waals surface area contributed by atoms with Gasteiger partial charge in [-0.05, 0) is 32.4 Å². The third kappa shape index (κ3) is 3.96. The number of rotatable bonds is 3. The molecule has 0 spiro atoms. The molecule has 1 aromatic carbocycles. The van der Waals surface area contributed by atoms with Gasteiger partial charge in [0.1, 0.15) is 17.6 Å². The zero-order chi connectivity index (χ0) is 18.0. The van der Waals surface area contributed by atoms with Crippen molar-refractivity contribution >= 4 is 17.1 Å². The Hall–Kier alpha value is -2.89. The van der Waals surface area contributed by atoms with Gasteiger partial charge in [-0.1, -0.05) is 24.3 Å². The van der Waals surface area contributed by atoms with Crippen LogP contribution in [0.15, 0.2) is 42.9 Å². The standard InChI is InChI=1S/C19H22N4O2/c1-19(2,3)25-18(24)20-11-13-5-7-14(8-6-13)16-15-9-10-23(4)17(15)22-12-21-16/h5-10,12H,11H2,1-4H3,(H,20,24). The van der Waals surface area contributed by atoms with Crippen molar-refractivity contribution in [2.45, 2.75) is 32.9 Å². The maximum absolute atomic E-state index is 11.7. The number of aryl methyl sites for hydroxylation is 1. The Labute approximate surface area is 146 Å². The van der Waals surface area contributed by atoms with E-state index in [0.29, 0.717) is 6.54 Å². The van der Waals surface area contributed by atoms with Crippen LogP contribution in [0.5, 0.6) is 0 Å². The molecule has 25 heavy (non-hydrogen) atoms. The summed E-state index contributed by atoms with van der Waals surface area (Å²) in [6.45, 7) is 5.94. The number of fused-ring (bicyclic) bond motifs is 1. The maximum atomic E-state index is 11.7. The smallest absolute Gasteiger partial charge is 0.407 e. The van der Waals surface area contributed by atoms with Crippen LogP contribution in [0.2, 0.25) is 0 Å². The van der Waals surface area contributed by atoms with Crippen molar-refractivity contribution in [3.05, 3.63) is 48.4 Å². The molecule has 3 aromatic rings. The van der Waals surface area contributed by atoms with E-state index in [0.717, 1.165) is 27.9 Å². The second-order valence-electron chi connectivity index (χ2n) is 6.94. The topological polar surface area (TPSA) is 69.0 Å². The fourth-order valence-electron chi connectivity index (χ4n) is 2.58. The van der Waals surface area contributed by atoms with Crippen molar-refractivity contribution in [2.24, 2.45) is 7.05 Å². The minimum absolute atomic E-state index is 0.416. The van der Waals surface area contributed by atoms with E-state index in [2.05, 4.69) is 15.3 Å². The van der Waals surface area contributed by atoms with E-state index < -0.39 is 11.7 Å². The monoisotopic (exact) mass is 338 g/mol. The largest absolute Gasteiger partial charge is 0.444 e. The Morgan fingerprint density at radius 3 is 2.56 bits per heavy atom. The van der Waals surface area contributed by atoms with Crippen LogP contribution in [-0.2, 0) is 18.3 Å². The molecule has 3 rings (SSSR count). The molecular formula is C19H22N4O2. The summed E-state index contributed by atoms with van der Waals surface area (Å²) in [6, 6.07) is 9.97. The number of nitrogens with zero attached hydrogens (tertiary/aromatic N) is 3. The number of carbonyl (C=O) groups excluding carboxylic acids is 1. The number of hydrogen-bond acceptors (Lipinski definition) is 4. The second kappa shape index (κ2) is 6.55. The predicted octanol–water partition coefficient (Wildman–Crippen LogP) is 3.66. The van der Waals surface area contributed by atoms with Gasteiger partial charge >= 0.3 is 6.09 Å². The number of nitrogens with one attached hydrogen (secondary N) is 1. The number of amides is 1. The molecule has 0 saturated carbocycles. The summed E-state index contributed by atoms with van der Waals surface area (Å²) in [7, 11) is 1.96. The average Bonchev–Trinajstić information content (AvgIpc) is 2.93. The molecule has 6 nitrogen and oxygen atoms in total. The van der Waals surface area contributed by atoms with Gasteiger partial charge in [-0.15, -0.1) is 0 Å². The molecule has 2 heterocycles. The van der Waals surface area contributed by atoms with Crippen molar-refractivity contribution in [1.82, 2.24) is 19.9 Å². The van der Waals surface area contributed by atoms with Crippen molar-refractivity contribution < 1.29 is 9.53 Å². The highest BCUT2D eigenvalue weighted by molar-refractivity contribution is 5.90. The lowest BCUT2D eigenvalue weighted by molar-refractivity contribution is 0.0523. The zero-order valence-corrected chi connectivity index (χ0v) is 14.9. The van der Waals surface area contributed by atoms with Crippen molar-refractivity contribution in [3.63, 3.8) is 0 Å². The van der Waals surface area contributed by atoms with Crippen molar-refractivity contribution in [1.29, 1.82) is 0 Å². The molecule has 2 aromatic heterocycles. The molecule has 0 radical (unpaired) electrons. The van der Waals surface area contributed by atoms with Gasteiger partial charge in [0.25, 0.3) is 0 Å². The third-order valence-corrected chi connectivity index (χ3v) is 3.72. The molecule has 0 aliphatic heterocycles. The van der Waals surface area contributed by atoms with Crippen LogP contribution in [0.1, 0.15) is 26.3 Å². The molecule has 0 fully saturated rings. The first-order chi connectivity index (χ1) is 11.8. The molecule has 0 aliphatic rings. The summed E-state index contributed by atoms with van der Waals surface area (Å²) in [5.74, 6) is 0. The predicted molar refractivity (Wildman–Crippen MR) is 97.0 cm³/mol. The van der Waals surface area contributed by atoms with Gasteiger partial charge in [0.15, 0.2) is 0 Å². The molecular weight excluding hydrogens is 316 g/mol. The van der Waals surface area contributed by atoms with Crippen molar-refractivity contribution in [2.75, 3.05) is 0 Å². The van der Waals surface area contributed by atoms with Gasteiger partial charge in [0, 0.05) is 30.7 Å². The minimum atomic E-state index is -0.498. The van der Waals surface area contributed by atoms with Crippen LogP contribution in [0.3, 0.4) is 0 Å². The lowest BCUT2D eigenvalue weighted by Gasteiger charge is -2.19. The highest BCUT2D eigenvalue weighted by Crippen LogP contribution is 2.25. The normalized spacial score (nSPS) is 11.5. The molecule has 1 N–H and O–H groups in total. The quantitative estimate of drug-likeness (QED) is 0.791. The van der Waals surface area contributed by atoms with E-state index in [1.165, 1.54) is 0 Å². The van der Waals surface area contributed by atoms with Gasteiger partial charge in [0.2, 0.25) is 0 Å². The Balaban J connectivity index is 1.73. The van der Waals surface area contributed by atoms with Gasteiger partial charge in [-0.2, -0.15) is 0 Å². The highest BCUT2D eigenvalue weighted by atomic mass is 16.6. The summed E-state index contributed by atoms with van der Waals surface area (Å²) in [5, 5.41) is 3.78. The highest BCUT2D eigenvalue weighted by Gasteiger charge is 2.15. The summed E-state index contributed by atoms with van der Waals surface area (Å²) in [6.07, 6.45) is 3.14. The van der Waals surface area contributed by atoms with Crippen LogP contribution in [0.25, 0.3) is 22.3 Å². The summed E-state index contributed by atoms with van der Waals surface area (Å²) in [4.78, 5) is 20.4. The lowest BCUT2D eigenvalue weighted by Crippen LogP contribution is -2.32. The first-order valence-electron chi connectivity index (χ1n) is 8.16. The van der Waals surface area contributed by atoms with Crippen LogP contribution in [-0.4, -0.2) is 26.2 Å². The van der Waals surface area contributed by atoms with Crippen LogP contribution in [0.4, 0.5) is 4.79 Å². The number of ether oxygens (including phenoxy) is 1. The van der Waals surface area contributed by atoms with Crippen LogP contribution >= 0.6 is 0 Å². The maximum Gasteiger partial charge on any atom is 0.407 e. The Morgan fingerprint density at radius 2 is 1.88 bits per heavy atom. The number of benzene rings is 1. The molecule has 0 atom stereocenters. The molecule has 0 bridgehead atoms. The molecule has 0 aliphatic carbocycles. The zero-order valence-electron chi connectivity index (χ0n) is 14.9. The van der Waals surface area contributed by atoms with E-state index in [-0.39, 0.29) is 0 Å². The van der Waals surface area contributed by atoms with Gasteiger partial charge < -0.3 is 14.6 Å². The molecule has 130 valence electrons. The number of aromatic nitrogens is 3. The second-order valence-corrected chi connectivity index (χ2v) is 6.94. The molecule has 1 amide bonds. The average molecular weight is 338 g/mol. The minimum Gasteiger partial charge on any atom is -0.444 e. The first-order valence-corrected chi connectivity index (χ1v) is 8.16. The van der Waals surface area contributed by atoms with Gasteiger partial charge in [0.05, 0.1) is 5.69 Å². The summed E-state index contributed by atoms with van der Waals surface area (Å²) >= 11 is 0. The van der Waals surface area contributed by atoms with E-state index in [1.54, 1.807) is 6.33 Å². The fourth-order valence-corrected chi connectivity index (χ4v) is 2.58. The lowest BCUT2D eigenvalue weighted by atomic mass is 10.1. The summed E-state index contributed by atoms with van der Waals surface area (Å²) in [5.41, 5.74) is 3.31. The van der Waals surface area contributed by atoms with E-state index >= 15 is 0 Å². The van der Waals surface area contributed by atoms with Crippen LogP contribution in [0, 0.1) is 0 Å². The van der Waals surface area contributed by atoms with Crippen LogP contribution < -0.4 is 5.32 Å². The number of hydrogen-bond donors (Lipinski definition) is 1. The fraction of sp³-hybridized carbons (Fsp3) is 0.316. The first kappa shape index (κ1) is 17.0. The van der Waals surface area contributed by atoms with Gasteiger partial charge in [-0.3, -0.25) is 0 Å². The van der Waals surface area contributed by atoms with Gasteiger partial charge in [-0.25, -0.2) is 14.8 Å². The van der Waals surface area contributed by atoms with E-state index in [9.17, 15) is 4.79 Å². The number of alkyl carbamates (subject to hydrolysis) is 1. The Morgan fingerprint density at radius 1 is 1.16 bits per heavy atom. The molecule has 6 heteroatoms. The number of carbonyl (C=O) groups is 1. The SMILES string of the molecule is Cn1ccc2c(-c3ccc(CNC(=O)OC(C)(C)C)cc3)ncnc21. The molecule has 0 unspecified atom stereocenters. The Kier molecular flexibility index (Phi) is 4.44. The summed E-state index contributed by atoms with van der Waals surface area (Å²) < 4.78 is 7.21. The van der Waals surface area contributed by atoms with E-state index in [4.69, 9.17) is 4.74 Å². The third-order valence-electron chi connectivity index (χ3n) is 3.72.